The third kappa shape index (κ3) is 2.76. The van der Waals surface area contributed by atoms with E-state index in [2.05, 4.69) is 6.07 Å². The molecule has 0 atom stereocenters. The quantitative estimate of drug-likeness (QED) is 0.346. The van der Waals surface area contributed by atoms with E-state index in [4.69, 9.17) is 11.0 Å². The maximum absolute atomic E-state index is 10.2. The molecular weight excluding hydrogens is 247 g/mol. The largest absolute Gasteiger partial charge is 0.436 e. The van der Waals surface area contributed by atoms with Crippen LogP contribution in [0.25, 0.3) is 0 Å². The Labute approximate surface area is 99.6 Å². The van der Waals surface area contributed by atoms with Crippen LogP contribution in [0.3, 0.4) is 0 Å². The summed E-state index contributed by atoms with van der Waals surface area (Å²) in [6, 6.07) is 6.50. The normalized spacial score (nSPS) is 8.23. The minimum absolute atomic E-state index is 0. The fourth-order valence-electron chi connectivity index (χ4n) is 0.693. The molecule has 0 fully saturated rings. The van der Waals surface area contributed by atoms with E-state index < -0.39 is 4.92 Å². The maximum atomic E-state index is 10.2. The van der Waals surface area contributed by atoms with E-state index in [-0.39, 0.29) is 49.6 Å². The summed E-state index contributed by atoms with van der Waals surface area (Å²) in [6.45, 7) is 0. The molecule has 0 aliphatic carbocycles. The molecule has 2 N–H and O–H groups in total. The van der Waals surface area contributed by atoms with E-state index in [0.717, 1.165) is 0 Å². The summed E-state index contributed by atoms with van der Waals surface area (Å²) in [5.41, 5.74) is 5.28. The minimum atomic E-state index is -0.625. The number of nitro benzene ring substituents is 1. The van der Waals surface area contributed by atoms with Crippen LogP contribution in [0.4, 0.5) is 11.4 Å². The molecule has 1 aromatic rings. The van der Waals surface area contributed by atoms with Crippen LogP contribution in [-0.4, -0.2) is 4.92 Å². The number of nitrogens with two attached hydrogens (primary N) is 1. The van der Waals surface area contributed by atoms with E-state index in [1.54, 1.807) is 6.07 Å². The Hall–Kier alpha value is -0.986. The van der Waals surface area contributed by atoms with Gasteiger partial charge in [-0.15, -0.1) is 6.07 Å². The first-order chi connectivity index (χ1) is 5.65. The van der Waals surface area contributed by atoms with Gasteiger partial charge in [0.25, 0.3) is 0 Å². The summed E-state index contributed by atoms with van der Waals surface area (Å²) >= 11 is 0. The Morgan fingerprint density at radius 1 is 1.62 bits per heavy atom. The number of nitrogen functional groups attached to an aromatic ring is 1. The molecule has 5 nitrogen and oxygen atoms in total. The van der Waals surface area contributed by atoms with Crippen molar-refractivity contribution in [3.05, 3.63) is 33.9 Å². The van der Waals surface area contributed by atoms with Gasteiger partial charge in [-0.3, -0.25) is 15.4 Å². The third-order valence-electron chi connectivity index (χ3n) is 1.27. The number of hydrogen-bond donors (Lipinski definition) is 1. The van der Waals surface area contributed by atoms with Crippen LogP contribution in [0, 0.1) is 27.5 Å². The van der Waals surface area contributed by atoms with Crippen molar-refractivity contribution in [3.8, 4) is 6.07 Å². The Balaban J connectivity index is 0.00000144. The number of nitro groups is 1. The first-order valence-electron chi connectivity index (χ1n) is 3.01. The second-order valence-corrected chi connectivity index (χ2v) is 2.04. The molecule has 0 saturated heterocycles. The van der Waals surface area contributed by atoms with Gasteiger partial charge in [-0.05, 0) is 17.8 Å². The molecule has 0 unspecified atom stereocenters. The zero-order valence-electron chi connectivity index (χ0n) is 6.52. The van der Waals surface area contributed by atoms with Crippen molar-refractivity contribution in [1.82, 2.24) is 0 Å². The molecular formula is C7H4N3O2Y-. The monoisotopic (exact) mass is 251 g/mol. The number of rotatable bonds is 1. The Morgan fingerprint density at radius 3 is 2.69 bits per heavy atom. The zero-order valence-corrected chi connectivity index (χ0v) is 9.36. The van der Waals surface area contributed by atoms with Crippen molar-refractivity contribution >= 4 is 11.4 Å². The SMILES string of the molecule is N#Cc1[c-]c([N+](=O)[O-])ccc1N.[Y]. The molecule has 1 aromatic carbocycles. The van der Waals surface area contributed by atoms with E-state index in [9.17, 15) is 10.1 Å². The van der Waals surface area contributed by atoms with Crippen molar-refractivity contribution in [1.29, 1.82) is 5.26 Å². The van der Waals surface area contributed by atoms with Gasteiger partial charge in [0, 0.05) is 37.6 Å². The minimum Gasteiger partial charge on any atom is -0.436 e. The molecule has 0 aliphatic rings. The van der Waals surface area contributed by atoms with Crippen LogP contribution < -0.4 is 5.73 Å². The standard InChI is InChI=1S/C7H4N3O2.Y/c8-4-5-3-6(10(11)12)1-2-7(5)9;/h1-2H,9H2;/q-1;. The average Bonchev–Trinajstić information content (AvgIpc) is 2.05. The van der Waals surface area contributed by atoms with Crippen molar-refractivity contribution in [2.45, 2.75) is 0 Å². The number of benzene rings is 1. The molecule has 0 spiro atoms. The van der Waals surface area contributed by atoms with Crippen LogP contribution in [0.5, 0.6) is 0 Å². The predicted molar refractivity (Wildman–Crippen MR) is 41.1 cm³/mol. The first kappa shape index (κ1) is 12.0. The van der Waals surface area contributed by atoms with Gasteiger partial charge in [0.2, 0.25) is 0 Å². The van der Waals surface area contributed by atoms with Gasteiger partial charge in [0.15, 0.2) is 5.69 Å². The van der Waals surface area contributed by atoms with Gasteiger partial charge < -0.3 is 5.73 Å². The second-order valence-electron chi connectivity index (χ2n) is 2.04. The van der Waals surface area contributed by atoms with Gasteiger partial charge in [0.05, 0.1) is 0 Å². The van der Waals surface area contributed by atoms with Crippen molar-refractivity contribution in [3.63, 3.8) is 0 Å². The number of non-ortho nitro benzene ring substituents is 1. The fraction of sp³-hybridized carbons (Fsp3) is 0. The molecule has 6 heteroatoms. The fourth-order valence-corrected chi connectivity index (χ4v) is 0.693. The number of anilines is 1. The maximum Gasteiger partial charge on any atom is 0.191 e. The number of nitrogens with zero attached hydrogens (tertiary/aromatic N) is 2. The Kier molecular flexibility index (Phi) is 4.53. The van der Waals surface area contributed by atoms with E-state index in [1.165, 1.54) is 12.1 Å². The Morgan fingerprint density at radius 2 is 2.23 bits per heavy atom. The zero-order chi connectivity index (χ0) is 9.14. The molecule has 0 saturated carbocycles. The molecule has 1 radical (unpaired) electrons. The van der Waals surface area contributed by atoms with Gasteiger partial charge in [-0.2, -0.15) is 0 Å². The molecule has 0 amide bonds. The average molecular weight is 251 g/mol. The third-order valence-corrected chi connectivity index (χ3v) is 1.27. The van der Waals surface area contributed by atoms with E-state index >= 15 is 0 Å². The van der Waals surface area contributed by atoms with Crippen molar-refractivity contribution in [2.24, 2.45) is 0 Å². The van der Waals surface area contributed by atoms with E-state index in [0.29, 0.717) is 0 Å². The van der Waals surface area contributed by atoms with Crippen LogP contribution in [0.2, 0.25) is 0 Å². The van der Waals surface area contributed by atoms with Gasteiger partial charge in [-0.25, -0.2) is 0 Å². The molecule has 0 aliphatic heterocycles. The smallest absolute Gasteiger partial charge is 0.191 e. The predicted octanol–water partition coefficient (Wildman–Crippen LogP) is 0.846. The van der Waals surface area contributed by atoms with E-state index in [1.807, 2.05) is 0 Å². The Bertz CT molecular complexity index is 372. The second kappa shape index (κ2) is 4.90. The summed E-state index contributed by atoms with van der Waals surface area (Å²) in [7, 11) is 0. The van der Waals surface area contributed by atoms with Crippen LogP contribution >= 0.6 is 0 Å². The van der Waals surface area contributed by atoms with Gasteiger partial charge >= 0.3 is 0 Å². The molecule has 63 valence electrons. The summed E-state index contributed by atoms with van der Waals surface area (Å²) in [5, 5.41) is 18.6. The molecule has 13 heavy (non-hydrogen) atoms. The summed E-state index contributed by atoms with van der Waals surface area (Å²) < 4.78 is 0. The van der Waals surface area contributed by atoms with Crippen LogP contribution in [0.1, 0.15) is 5.56 Å². The summed E-state index contributed by atoms with van der Waals surface area (Å²) in [6.07, 6.45) is 0. The molecule has 0 heterocycles. The molecule has 0 aromatic heterocycles. The summed E-state index contributed by atoms with van der Waals surface area (Å²) in [4.78, 5) is 9.58. The molecule has 0 bridgehead atoms. The topological polar surface area (TPSA) is 92.9 Å². The summed E-state index contributed by atoms with van der Waals surface area (Å²) in [5.74, 6) is 0. The number of hydrogen-bond acceptors (Lipinski definition) is 4. The number of nitriles is 1. The van der Waals surface area contributed by atoms with Crippen LogP contribution in [-0.2, 0) is 32.7 Å². The van der Waals surface area contributed by atoms with Gasteiger partial charge in [-0.1, -0.05) is 11.6 Å². The van der Waals surface area contributed by atoms with Gasteiger partial charge in [0.1, 0.15) is 0 Å². The first-order valence-corrected chi connectivity index (χ1v) is 3.01. The van der Waals surface area contributed by atoms with Crippen LogP contribution in [0.15, 0.2) is 12.1 Å². The van der Waals surface area contributed by atoms with Crippen molar-refractivity contribution < 1.29 is 37.6 Å². The molecule has 1 rings (SSSR count). The van der Waals surface area contributed by atoms with Crippen molar-refractivity contribution in [2.75, 3.05) is 5.73 Å².